The molecule has 2 rings (SSSR count). The van der Waals surface area contributed by atoms with Crippen molar-refractivity contribution in [2.24, 2.45) is 0 Å². The average Bonchev–Trinajstić information content (AvgIpc) is 2.87. The topological polar surface area (TPSA) is 120 Å². The van der Waals surface area contributed by atoms with Gasteiger partial charge in [0.05, 0.1) is 17.3 Å². The maximum Gasteiger partial charge on any atom is 0.354 e. The van der Waals surface area contributed by atoms with Gasteiger partial charge in [-0.2, -0.15) is 10.1 Å². The smallest absolute Gasteiger partial charge is 0.354 e. The van der Waals surface area contributed by atoms with Crippen LogP contribution < -0.4 is 4.74 Å². The third-order valence-corrected chi connectivity index (χ3v) is 2.58. The molecule has 2 heterocycles. The lowest BCUT2D eigenvalue weighted by Gasteiger charge is -2.05. The Morgan fingerprint density at radius 1 is 1.48 bits per heavy atom. The second-order valence-corrected chi connectivity index (χ2v) is 4.43. The number of rotatable bonds is 5. The average molecular weight is 292 g/mol. The van der Waals surface area contributed by atoms with Crippen molar-refractivity contribution in [1.29, 1.82) is 0 Å². The number of nitro groups is 1. The zero-order valence-corrected chi connectivity index (χ0v) is 11.3. The standard InChI is InChI=1S/C12H12N4O5/c1-7(2)15-6-8(5-13-15)21-11-10(16(19)20)4-3-9(14-11)12(17)18/h3-7H,1-2H3,(H,17,18). The van der Waals surface area contributed by atoms with Gasteiger partial charge in [-0.1, -0.05) is 0 Å². The van der Waals surface area contributed by atoms with E-state index >= 15 is 0 Å². The van der Waals surface area contributed by atoms with Crippen LogP contribution in [0, 0.1) is 10.1 Å². The summed E-state index contributed by atoms with van der Waals surface area (Å²) in [6.07, 6.45) is 2.92. The minimum absolute atomic E-state index is 0.0932. The maximum absolute atomic E-state index is 10.9. The van der Waals surface area contributed by atoms with E-state index in [1.807, 2.05) is 13.8 Å². The van der Waals surface area contributed by atoms with Gasteiger partial charge < -0.3 is 9.84 Å². The van der Waals surface area contributed by atoms with Crippen LogP contribution in [0.4, 0.5) is 5.69 Å². The Balaban J connectivity index is 2.38. The summed E-state index contributed by atoms with van der Waals surface area (Å²) in [5.41, 5.74) is -0.760. The van der Waals surface area contributed by atoms with Crippen molar-refractivity contribution < 1.29 is 19.6 Å². The van der Waals surface area contributed by atoms with E-state index < -0.39 is 16.6 Å². The third kappa shape index (κ3) is 3.14. The SMILES string of the molecule is CC(C)n1cc(Oc2nc(C(=O)O)ccc2[N+](=O)[O-])cn1. The fraction of sp³-hybridized carbons (Fsp3) is 0.250. The molecule has 2 aromatic heterocycles. The van der Waals surface area contributed by atoms with E-state index in [-0.39, 0.29) is 23.4 Å². The molecule has 110 valence electrons. The van der Waals surface area contributed by atoms with Crippen LogP contribution in [-0.4, -0.2) is 30.8 Å². The van der Waals surface area contributed by atoms with Crippen molar-refractivity contribution in [2.45, 2.75) is 19.9 Å². The molecule has 9 heteroatoms. The molecule has 0 aliphatic carbocycles. The fourth-order valence-electron chi connectivity index (χ4n) is 1.53. The van der Waals surface area contributed by atoms with Gasteiger partial charge in [-0.15, -0.1) is 0 Å². The lowest BCUT2D eigenvalue weighted by atomic mass is 10.3. The van der Waals surface area contributed by atoms with E-state index in [0.29, 0.717) is 0 Å². The van der Waals surface area contributed by atoms with Crippen molar-refractivity contribution >= 4 is 11.7 Å². The Bertz CT molecular complexity index is 695. The summed E-state index contributed by atoms with van der Waals surface area (Å²) in [6, 6.07) is 2.18. The molecule has 0 saturated heterocycles. The monoisotopic (exact) mass is 292 g/mol. The summed E-state index contributed by atoms with van der Waals surface area (Å²) in [4.78, 5) is 24.7. The fourth-order valence-corrected chi connectivity index (χ4v) is 1.53. The number of nitrogens with zero attached hydrogens (tertiary/aromatic N) is 4. The Hall–Kier alpha value is -2.97. The van der Waals surface area contributed by atoms with E-state index in [1.165, 1.54) is 6.20 Å². The van der Waals surface area contributed by atoms with E-state index in [0.717, 1.165) is 12.1 Å². The quantitative estimate of drug-likeness (QED) is 0.662. The summed E-state index contributed by atoms with van der Waals surface area (Å²) in [6.45, 7) is 3.81. The summed E-state index contributed by atoms with van der Waals surface area (Å²) < 4.78 is 6.89. The predicted molar refractivity (Wildman–Crippen MR) is 70.5 cm³/mol. The first-order valence-electron chi connectivity index (χ1n) is 5.99. The van der Waals surface area contributed by atoms with Crippen molar-refractivity contribution in [3.63, 3.8) is 0 Å². The van der Waals surface area contributed by atoms with Crippen LogP contribution in [0.1, 0.15) is 30.4 Å². The van der Waals surface area contributed by atoms with Crippen LogP contribution in [-0.2, 0) is 0 Å². The van der Waals surface area contributed by atoms with Crippen molar-refractivity contribution in [3.05, 3.63) is 40.3 Å². The molecule has 0 aromatic carbocycles. The Morgan fingerprint density at radius 3 is 2.71 bits per heavy atom. The molecule has 0 unspecified atom stereocenters. The zero-order valence-electron chi connectivity index (χ0n) is 11.3. The molecule has 2 aromatic rings. The van der Waals surface area contributed by atoms with Crippen LogP contribution in [0.3, 0.4) is 0 Å². The molecule has 9 nitrogen and oxygen atoms in total. The van der Waals surface area contributed by atoms with Gasteiger partial charge in [0.25, 0.3) is 0 Å². The highest BCUT2D eigenvalue weighted by Gasteiger charge is 2.21. The highest BCUT2D eigenvalue weighted by molar-refractivity contribution is 5.85. The van der Waals surface area contributed by atoms with Crippen molar-refractivity contribution in [2.75, 3.05) is 0 Å². The Kier molecular flexibility index (Phi) is 3.83. The van der Waals surface area contributed by atoms with E-state index in [1.54, 1.807) is 10.9 Å². The molecule has 0 radical (unpaired) electrons. The zero-order chi connectivity index (χ0) is 15.6. The lowest BCUT2D eigenvalue weighted by molar-refractivity contribution is -0.386. The van der Waals surface area contributed by atoms with Gasteiger partial charge in [0.2, 0.25) is 0 Å². The van der Waals surface area contributed by atoms with Gasteiger partial charge >= 0.3 is 17.5 Å². The first-order valence-corrected chi connectivity index (χ1v) is 5.99. The minimum atomic E-state index is -1.30. The molecule has 0 bridgehead atoms. The molecule has 0 amide bonds. The van der Waals surface area contributed by atoms with Gasteiger partial charge in [0.1, 0.15) is 0 Å². The van der Waals surface area contributed by atoms with Crippen LogP contribution in [0.2, 0.25) is 0 Å². The summed E-state index contributed by atoms with van der Waals surface area (Å²) in [7, 11) is 0. The van der Waals surface area contributed by atoms with E-state index in [2.05, 4.69) is 10.1 Å². The summed E-state index contributed by atoms with van der Waals surface area (Å²) in [5.74, 6) is -1.45. The third-order valence-electron chi connectivity index (χ3n) is 2.58. The second kappa shape index (κ2) is 5.57. The number of carboxylic acid groups (broad SMARTS) is 1. The van der Waals surface area contributed by atoms with Crippen LogP contribution in [0.5, 0.6) is 11.6 Å². The van der Waals surface area contributed by atoms with Crippen LogP contribution in [0.15, 0.2) is 24.5 Å². The molecular formula is C12H12N4O5. The number of aromatic carboxylic acids is 1. The van der Waals surface area contributed by atoms with Crippen LogP contribution in [0.25, 0.3) is 0 Å². The lowest BCUT2D eigenvalue weighted by Crippen LogP contribution is -2.03. The van der Waals surface area contributed by atoms with E-state index in [4.69, 9.17) is 9.84 Å². The molecule has 0 aliphatic heterocycles. The number of ether oxygens (including phenoxy) is 1. The van der Waals surface area contributed by atoms with Crippen LogP contribution >= 0.6 is 0 Å². The Morgan fingerprint density at radius 2 is 2.19 bits per heavy atom. The van der Waals surface area contributed by atoms with Crippen molar-refractivity contribution in [1.82, 2.24) is 14.8 Å². The summed E-state index contributed by atoms with van der Waals surface area (Å²) in [5, 5.41) is 23.8. The number of pyridine rings is 1. The molecule has 0 aliphatic rings. The number of carboxylic acids is 1. The van der Waals surface area contributed by atoms with Crippen molar-refractivity contribution in [3.8, 4) is 11.6 Å². The predicted octanol–water partition coefficient (Wildman–Crippen LogP) is 2.26. The van der Waals surface area contributed by atoms with Gasteiger partial charge in [0.15, 0.2) is 11.4 Å². The largest absolute Gasteiger partial charge is 0.477 e. The highest BCUT2D eigenvalue weighted by atomic mass is 16.6. The van der Waals surface area contributed by atoms with Gasteiger partial charge in [-0.05, 0) is 19.9 Å². The second-order valence-electron chi connectivity index (χ2n) is 4.43. The molecule has 0 atom stereocenters. The van der Waals surface area contributed by atoms with E-state index in [9.17, 15) is 14.9 Å². The first kappa shape index (κ1) is 14.4. The minimum Gasteiger partial charge on any atom is -0.477 e. The molecule has 21 heavy (non-hydrogen) atoms. The molecule has 0 fully saturated rings. The van der Waals surface area contributed by atoms with Gasteiger partial charge in [0, 0.05) is 12.1 Å². The molecule has 1 N–H and O–H groups in total. The normalized spacial score (nSPS) is 10.6. The summed E-state index contributed by atoms with van der Waals surface area (Å²) >= 11 is 0. The number of hydrogen-bond donors (Lipinski definition) is 1. The number of hydrogen-bond acceptors (Lipinski definition) is 6. The van der Waals surface area contributed by atoms with Gasteiger partial charge in [-0.25, -0.2) is 4.79 Å². The van der Waals surface area contributed by atoms with Gasteiger partial charge in [-0.3, -0.25) is 14.8 Å². The number of carbonyl (C=O) groups is 1. The maximum atomic E-state index is 10.9. The first-order chi connectivity index (χ1) is 9.88. The molecule has 0 spiro atoms. The highest BCUT2D eigenvalue weighted by Crippen LogP contribution is 2.29. The molecule has 0 saturated carbocycles. The number of aromatic nitrogens is 3. The molecular weight excluding hydrogens is 280 g/mol. The Labute approximate surface area is 118 Å².